The molecule has 0 aliphatic heterocycles. The fourth-order valence-electron chi connectivity index (χ4n) is 2.50. The second-order valence-corrected chi connectivity index (χ2v) is 4.73. The monoisotopic (exact) mass is 259 g/mol. The fourth-order valence-corrected chi connectivity index (χ4v) is 2.50. The number of para-hydroxylation sites is 2. The quantitative estimate of drug-likeness (QED) is 0.588. The number of nitrogens with zero attached hydrogens (tertiary/aromatic N) is 2. The van der Waals surface area contributed by atoms with Gasteiger partial charge in [0.05, 0.1) is 16.7 Å². The lowest BCUT2D eigenvalue weighted by molar-refractivity contribution is 1.02. The van der Waals surface area contributed by atoms with Gasteiger partial charge in [-0.15, -0.1) is 0 Å². The number of aromatic nitrogens is 2. The van der Waals surface area contributed by atoms with E-state index in [1.165, 1.54) is 5.39 Å². The molecule has 0 saturated heterocycles. The van der Waals surface area contributed by atoms with Crippen LogP contribution in [-0.4, -0.2) is 9.66 Å². The van der Waals surface area contributed by atoms with Crippen molar-refractivity contribution in [1.82, 2.24) is 9.66 Å². The molecule has 0 aliphatic carbocycles. The van der Waals surface area contributed by atoms with Crippen LogP contribution < -0.4 is 5.43 Å². The van der Waals surface area contributed by atoms with Gasteiger partial charge in [-0.3, -0.25) is 15.1 Å². The molecule has 0 atom stereocenters. The van der Waals surface area contributed by atoms with Gasteiger partial charge in [-0.2, -0.15) is 0 Å². The van der Waals surface area contributed by atoms with Crippen LogP contribution in [0.5, 0.6) is 0 Å². The third-order valence-electron chi connectivity index (χ3n) is 3.49. The summed E-state index contributed by atoms with van der Waals surface area (Å²) in [5.41, 5.74) is 6.65. The Kier molecular flexibility index (Phi) is 2.42. The summed E-state index contributed by atoms with van der Waals surface area (Å²) in [6.45, 7) is 0. The Bertz CT molecular complexity index is 887. The molecule has 0 amide bonds. The molecule has 1 N–H and O–H groups in total. The Morgan fingerprint density at radius 3 is 2.70 bits per heavy atom. The first-order valence-electron chi connectivity index (χ1n) is 6.59. The van der Waals surface area contributed by atoms with E-state index >= 15 is 0 Å². The van der Waals surface area contributed by atoms with Gasteiger partial charge in [0.2, 0.25) is 0 Å². The van der Waals surface area contributed by atoms with E-state index in [4.69, 9.17) is 0 Å². The first kappa shape index (κ1) is 11.1. The van der Waals surface area contributed by atoms with Gasteiger partial charge in [0.15, 0.2) is 0 Å². The number of nitrogens with one attached hydrogen (secondary N) is 1. The SMILES string of the molecule is c1ccc2c(c1)ccn2Nc1ccnc2ccccc12. The van der Waals surface area contributed by atoms with Crippen molar-refractivity contribution in [2.24, 2.45) is 0 Å². The highest BCUT2D eigenvalue weighted by molar-refractivity contribution is 5.91. The second-order valence-electron chi connectivity index (χ2n) is 4.73. The molecule has 3 heteroatoms. The predicted molar refractivity (Wildman–Crippen MR) is 82.7 cm³/mol. The maximum Gasteiger partial charge on any atom is 0.0723 e. The largest absolute Gasteiger partial charge is 0.294 e. The van der Waals surface area contributed by atoms with Crippen molar-refractivity contribution in [1.29, 1.82) is 0 Å². The van der Waals surface area contributed by atoms with Crippen LogP contribution in [0.25, 0.3) is 21.8 Å². The van der Waals surface area contributed by atoms with Crippen LogP contribution in [0, 0.1) is 0 Å². The zero-order valence-electron chi connectivity index (χ0n) is 10.8. The molecule has 4 rings (SSSR count). The zero-order valence-corrected chi connectivity index (χ0v) is 10.8. The van der Waals surface area contributed by atoms with Crippen molar-refractivity contribution in [3.8, 4) is 0 Å². The lowest BCUT2D eigenvalue weighted by atomic mass is 10.2. The molecule has 2 aromatic carbocycles. The molecule has 0 spiro atoms. The molecule has 2 heterocycles. The maximum absolute atomic E-state index is 4.38. The van der Waals surface area contributed by atoms with Crippen LogP contribution in [0.4, 0.5) is 5.69 Å². The molecule has 0 saturated carbocycles. The van der Waals surface area contributed by atoms with Gasteiger partial charge in [-0.25, -0.2) is 0 Å². The van der Waals surface area contributed by atoms with Crippen molar-refractivity contribution in [3.05, 3.63) is 73.1 Å². The third-order valence-corrected chi connectivity index (χ3v) is 3.49. The van der Waals surface area contributed by atoms with E-state index < -0.39 is 0 Å². The normalized spacial score (nSPS) is 11.0. The minimum atomic E-state index is 0.994. The number of hydrogen-bond donors (Lipinski definition) is 1. The Labute approximate surface area is 116 Å². The van der Waals surface area contributed by atoms with Crippen LogP contribution in [0.1, 0.15) is 0 Å². The van der Waals surface area contributed by atoms with E-state index in [-0.39, 0.29) is 0 Å². The summed E-state index contributed by atoms with van der Waals surface area (Å²) in [6.07, 6.45) is 3.87. The van der Waals surface area contributed by atoms with Crippen molar-refractivity contribution < 1.29 is 0 Å². The van der Waals surface area contributed by atoms with Gasteiger partial charge >= 0.3 is 0 Å². The van der Waals surface area contributed by atoms with Crippen LogP contribution in [0.2, 0.25) is 0 Å². The summed E-state index contributed by atoms with van der Waals surface area (Å²) in [4.78, 5) is 4.38. The van der Waals surface area contributed by atoms with Crippen molar-refractivity contribution in [2.45, 2.75) is 0 Å². The first-order valence-corrected chi connectivity index (χ1v) is 6.59. The highest BCUT2D eigenvalue weighted by Crippen LogP contribution is 2.23. The maximum atomic E-state index is 4.38. The Hall–Kier alpha value is -2.81. The van der Waals surface area contributed by atoms with E-state index in [9.17, 15) is 0 Å². The van der Waals surface area contributed by atoms with E-state index in [0.29, 0.717) is 0 Å². The van der Waals surface area contributed by atoms with E-state index in [2.05, 4.69) is 40.7 Å². The van der Waals surface area contributed by atoms with Crippen LogP contribution in [0.3, 0.4) is 0 Å². The first-order chi connectivity index (χ1) is 9.92. The average molecular weight is 259 g/mol. The number of anilines is 1. The number of benzene rings is 2. The number of fused-ring (bicyclic) bond motifs is 2. The molecule has 20 heavy (non-hydrogen) atoms. The number of rotatable bonds is 2. The summed E-state index contributed by atoms with van der Waals surface area (Å²) >= 11 is 0. The van der Waals surface area contributed by atoms with E-state index in [1.807, 2.05) is 47.4 Å². The molecule has 0 unspecified atom stereocenters. The molecular weight excluding hydrogens is 246 g/mol. The molecule has 0 aliphatic rings. The van der Waals surface area contributed by atoms with Gasteiger partial charge in [-0.1, -0.05) is 36.4 Å². The smallest absolute Gasteiger partial charge is 0.0723 e. The minimum Gasteiger partial charge on any atom is -0.294 e. The molecule has 4 aromatic rings. The fraction of sp³-hybridized carbons (Fsp3) is 0. The standard InChI is InChI=1S/C17H13N3/c1-4-8-17-13(5-1)10-12-20(17)19-16-9-11-18-15-7-3-2-6-14(15)16/h1-12H,(H,18,19). The summed E-state index contributed by atoms with van der Waals surface area (Å²) in [5, 5.41) is 2.34. The van der Waals surface area contributed by atoms with Crippen LogP contribution >= 0.6 is 0 Å². The topological polar surface area (TPSA) is 29.9 Å². The van der Waals surface area contributed by atoms with Gasteiger partial charge in [0.1, 0.15) is 0 Å². The highest BCUT2D eigenvalue weighted by atomic mass is 15.4. The average Bonchev–Trinajstić information content (AvgIpc) is 2.91. The van der Waals surface area contributed by atoms with Gasteiger partial charge in [0.25, 0.3) is 0 Å². The van der Waals surface area contributed by atoms with Gasteiger partial charge in [0, 0.05) is 23.2 Å². The molecular formula is C17H13N3. The minimum absolute atomic E-state index is 0.994. The Morgan fingerprint density at radius 1 is 0.850 bits per heavy atom. The van der Waals surface area contributed by atoms with Crippen LogP contribution in [-0.2, 0) is 0 Å². The number of pyridine rings is 1. The highest BCUT2D eigenvalue weighted by Gasteiger charge is 2.03. The molecule has 2 aromatic heterocycles. The van der Waals surface area contributed by atoms with Crippen molar-refractivity contribution >= 4 is 27.5 Å². The van der Waals surface area contributed by atoms with Gasteiger partial charge in [-0.05, 0) is 24.3 Å². The third kappa shape index (κ3) is 1.72. The predicted octanol–water partition coefficient (Wildman–Crippen LogP) is 4.06. The Morgan fingerprint density at radius 2 is 1.70 bits per heavy atom. The summed E-state index contributed by atoms with van der Waals surface area (Å²) in [6, 6.07) is 20.5. The zero-order chi connectivity index (χ0) is 13.4. The van der Waals surface area contributed by atoms with E-state index in [0.717, 1.165) is 22.1 Å². The molecule has 0 radical (unpaired) electrons. The summed E-state index contributed by atoms with van der Waals surface area (Å²) < 4.78 is 2.04. The second kappa shape index (κ2) is 4.38. The Balaban J connectivity index is 1.85. The van der Waals surface area contributed by atoms with Gasteiger partial charge < -0.3 is 0 Å². The molecule has 0 fully saturated rings. The molecule has 3 nitrogen and oxygen atoms in total. The van der Waals surface area contributed by atoms with E-state index in [1.54, 1.807) is 0 Å². The summed E-state index contributed by atoms with van der Waals surface area (Å²) in [5.74, 6) is 0. The van der Waals surface area contributed by atoms with Crippen LogP contribution in [0.15, 0.2) is 73.1 Å². The number of hydrogen-bond acceptors (Lipinski definition) is 2. The molecule has 96 valence electrons. The lowest BCUT2D eigenvalue weighted by Crippen LogP contribution is -2.07. The van der Waals surface area contributed by atoms with Crippen molar-refractivity contribution in [2.75, 3.05) is 5.43 Å². The van der Waals surface area contributed by atoms with Crippen molar-refractivity contribution in [3.63, 3.8) is 0 Å². The summed E-state index contributed by atoms with van der Waals surface area (Å²) in [7, 11) is 0. The molecule has 0 bridgehead atoms. The lowest BCUT2D eigenvalue weighted by Gasteiger charge is -2.11.